The topological polar surface area (TPSA) is 90.9 Å². The van der Waals surface area contributed by atoms with E-state index in [1.807, 2.05) is 6.92 Å². The van der Waals surface area contributed by atoms with Crippen molar-refractivity contribution in [1.29, 1.82) is 0 Å². The van der Waals surface area contributed by atoms with Crippen molar-refractivity contribution in [3.05, 3.63) is 59.7 Å². The number of hydrogen-bond donors (Lipinski definition) is 1. The molecule has 1 amide bonds. The van der Waals surface area contributed by atoms with E-state index in [1.165, 1.54) is 6.07 Å². The average Bonchev–Trinajstić information content (AvgIpc) is 2.83. The number of nitrogens with one attached hydrogen (secondary N) is 1. The van der Waals surface area contributed by atoms with Crippen LogP contribution in [0.2, 0.25) is 0 Å². The van der Waals surface area contributed by atoms with E-state index in [-0.39, 0.29) is 23.1 Å². The van der Waals surface area contributed by atoms with Gasteiger partial charge in [0.15, 0.2) is 6.61 Å². The Morgan fingerprint density at radius 2 is 1.63 bits per heavy atom. The fourth-order valence-corrected chi connectivity index (χ4v) is 4.54. The molecule has 0 spiro atoms. The summed E-state index contributed by atoms with van der Waals surface area (Å²) in [5.41, 5.74) is 0.700. The number of carbonyl (C=O) groups excluding carboxylic acids is 3. The van der Waals surface area contributed by atoms with Crippen LogP contribution in [-0.2, 0) is 14.3 Å². The van der Waals surface area contributed by atoms with Crippen LogP contribution in [0.4, 0.5) is 5.69 Å². The first-order valence-electron chi connectivity index (χ1n) is 12.3. The van der Waals surface area contributed by atoms with Crippen LogP contribution in [0.3, 0.4) is 0 Å². The minimum atomic E-state index is -0.761. The molecule has 0 saturated heterocycles. The smallest absolute Gasteiger partial charge is 0.339 e. The van der Waals surface area contributed by atoms with Gasteiger partial charge in [0.05, 0.1) is 23.4 Å². The van der Waals surface area contributed by atoms with Gasteiger partial charge in [-0.05, 0) is 61.8 Å². The van der Waals surface area contributed by atoms with E-state index in [1.54, 1.807) is 42.5 Å². The SMILES string of the molecule is CCOc1ccccc1NC(=O)COC(=O)c1ccccc1C(=O)O[C@@H]1C[C@H](C)CC[C@H]1C(C)C. The highest BCUT2D eigenvalue weighted by Crippen LogP contribution is 2.36. The van der Waals surface area contributed by atoms with Crippen molar-refractivity contribution >= 4 is 23.5 Å². The van der Waals surface area contributed by atoms with Crippen molar-refractivity contribution in [2.75, 3.05) is 18.5 Å². The molecule has 0 aliphatic heterocycles. The van der Waals surface area contributed by atoms with E-state index in [9.17, 15) is 14.4 Å². The van der Waals surface area contributed by atoms with E-state index in [0.29, 0.717) is 29.9 Å². The Morgan fingerprint density at radius 1 is 0.971 bits per heavy atom. The highest BCUT2D eigenvalue weighted by Gasteiger charge is 2.34. The third-order valence-electron chi connectivity index (χ3n) is 6.38. The Labute approximate surface area is 207 Å². The monoisotopic (exact) mass is 481 g/mol. The zero-order chi connectivity index (χ0) is 25.4. The maximum Gasteiger partial charge on any atom is 0.339 e. The van der Waals surface area contributed by atoms with Crippen molar-refractivity contribution < 1.29 is 28.6 Å². The zero-order valence-electron chi connectivity index (χ0n) is 20.9. The molecule has 3 rings (SSSR count). The van der Waals surface area contributed by atoms with Gasteiger partial charge in [0.2, 0.25) is 0 Å². The number of benzene rings is 2. The van der Waals surface area contributed by atoms with Gasteiger partial charge < -0.3 is 19.5 Å². The van der Waals surface area contributed by atoms with Crippen molar-refractivity contribution in [2.45, 2.75) is 53.1 Å². The molecule has 7 heteroatoms. The second-order valence-electron chi connectivity index (χ2n) is 9.37. The summed E-state index contributed by atoms with van der Waals surface area (Å²) in [4.78, 5) is 38.2. The second kappa shape index (κ2) is 12.4. The lowest BCUT2D eigenvalue weighted by Gasteiger charge is -2.36. The Kier molecular flexibility index (Phi) is 9.29. The van der Waals surface area contributed by atoms with Gasteiger partial charge in [0.1, 0.15) is 11.9 Å². The predicted molar refractivity (Wildman–Crippen MR) is 134 cm³/mol. The molecular formula is C28H35NO6. The van der Waals surface area contributed by atoms with Gasteiger partial charge in [-0.3, -0.25) is 4.79 Å². The van der Waals surface area contributed by atoms with Crippen molar-refractivity contribution in [2.24, 2.45) is 17.8 Å². The number of esters is 2. The highest BCUT2D eigenvalue weighted by atomic mass is 16.5. The molecule has 0 aromatic heterocycles. The summed E-state index contributed by atoms with van der Waals surface area (Å²) in [6, 6.07) is 13.4. The number of anilines is 1. The van der Waals surface area contributed by atoms with E-state index >= 15 is 0 Å². The second-order valence-corrected chi connectivity index (χ2v) is 9.37. The third-order valence-corrected chi connectivity index (χ3v) is 6.38. The van der Waals surface area contributed by atoms with Gasteiger partial charge in [0.25, 0.3) is 5.91 Å². The minimum absolute atomic E-state index is 0.0740. The molecule has 0 bridgehead atoms. The van der Waals surface area contributed by atoms with Gasteiger partial charge >= 0.3 is 11.9 Å². The number of hydrogen-bond acceptors (Lipinski definition) is 6. The van der Waals surface area contributed by atoms with Crippen LogP contribution < -0.4 is 10.1 Å². The van der Waals surface area contributed by atoms with Crippen LogP contribution in [0.5, 0.6) is 5.75 Å². The lowest BCUT2D eigenvalue weighted by Crippen LogP contribution is -2.36. The first kappa shape index (κ1) is 26.3. The van der Waals surface area contributed by atoms with Gasteiger partial charge in [-0.25, -0.2) is 9.59 Å². The molecule has 2 aromatic carbocycles. The molecule has 0 heterocycles. The Balaban J connectivity index is 1.64. The zero-order valence-corrected chi connectivity index (χ0v) is 20.9. The summed E-state index contributed by atoms with van der Waals surface area (Å²) in [5.74, 6) is -0.125. The maximum atomic E-state index is 13.1. The largest absolute Gasteiger partial charge is 0.492 e. The Morgan fingerprint density at radius 3 is 2.31 bits per heavy atom. The number of carbonyl (C=O) groups is 3. The molecule has 0 radical (unpaired) electrons. The summed E-state index contributed by atoms with van der Waals surface area (Å²) in [6.45, 7) is 8.25. The third kappa shape index (κ3) is 7.07. The van der Waals surface area contributed by atoms with E-state index < -0.39 is 24.5 Å². The molecule has 1 N–H and O–H groups in total. The van der Waals surface area contributed by atoms with Crippen molar-refractivity contribution in [3.63, 3.8) is 0 Å². The molecule has 1 aliphatic carbocycles. The molecule has 1 fully saturated rings. The van der Waals surface area contributed by atoms with Crippen LogP contribution in [0, 0.1) is 17.8 Å². The first-order valence-corrected chi connectivity index (χ1v) is 12.3. The summed E-state index contributed by atoms with van der Waals surface area (Å²) < 4.78 is 16.6. The summed E-state index contributed by atoms with van der Waals surface area (Å²) in [5, 5.41) is 2.68. The van der Waals surface area contributed by atoms with E-state index in [2.05, 4.69) is 26.1 Å². The number of rotatable bonds is 9. The van der Waals surface area contributed by atoms with Gasteiger partial charge in [-0.1, -0.05) is 51.5 Å². The molecule has 2 aromatic rings. The lowest BCUT2D eigenvalue weighted by atomic mass is 9.75. The van der Waals surface area contributed by atoms with Crippen molar-refractivity contribution in [3.8, 4) is 5.75 Å². The van der Waals surface area contributed by atoms with Gasteiger partial charge in [-0.2, -0.15) is 0 Å². The van der Waals surface area contributed by atoms with E-state index in [4.69, 9.17) is 14.2 Å². The van der Waals surface area contributed by atoms with Crippen LogP contribution in [-0.4, -0.2) is 37.2 Å². The van der Waals surface area contributed by atoms with Crippen LogP contribution in [0.15, 0.2) is 48.5 Å². The summed E-state index contributed by atoms with van der Waals surface area (Å²) in [7, 11) is 0. The highest BCUT2D eigenvalue weighted by molar-refractivity contribution is 6.04. The molecule has 35 heavy (non-hydrogen) atoms. The normalized spacial score (nSPS) is 19.6. The quantitative estimate of drug-likeness (QED) is 0.476. The molecule has 3 atom stereocenters. The number of ether oxygens (including phenoxy) is 3. The first-order chi connectivity index (χ1) is 16.8. The van der Waals surface area contributed by atoms with Crippen LogP contribution >= 0.6 is 0 Å². The Hall–Kier alpha value is -3.35. The maximum absolute atomic E-state index is 13.1. The lowest BCUT2D eigenvalue weighted by molar-refractivity contribution is -0.119. The standard InChI is InChI=1S/C28H35NO6/c1-5-33-24-13-9-8-12-23(24)29-26(30)17-34-27(31)21-10-6-7-11-22(21)28(32)35-25-16-19(4)14-15-20(25)18(2)3/h6-13,18-20,25H,5,14-17H2,1-4H3,(H,29,30)/t19-,20+,25-/m1/s1. The molecule has 188 valence electrons. The summed E-state index contributed by atoms with van der Waals surface area (Å²) in [6.07, 6.45) is 2.76. The molecule has 7 nitrogen and oxygen atoms in total. The number of para-hydroxylation sites is 2. The predicted octanol–water partition coefficient (Wildman–Crippen LogP) is 5.50. The van der Waals surface area contributed by atoms with Crippen LogP contribution in [0.1, 0.15) is 67.7 Å². The fraction of sp³-hybridized carbons (Fsp3) is 0.464. The van der Waals surface area contributed by atoms with Crippen LogP contribution in [0.25, 0.3) is 0 Å². The van der Waals surface area contributed by atoms with Gasteiger partial charge in [-0.15, -0.1) is 0 Å². The van der Waals surface area contributed by atoms with E-state index in [0.717, 1.165) is 19.3 Å². The molecule has 1 aliphatic rings. The fourth-order valence-electron chi connectivity index (χ4n) is 4.54. The Bertz CT molecular complexity index is 1030. The van der Waals surface area contributed by atoms with Crippen molar-refractivity contribution in [1.82, 2.24) is 0 Å². The molecular weight excluding hydrogens is 446 g/mol. The molecule has 0 unspecified atom stereocenters. The molecule has 1 saturated carbocycles. The summed E-state index contributed by atoms with van der Waals surface area (Å²) >= 11 is 0. The minimum Gasteiger partial charge on any atom is -0.492 e. The van der Waals surface area contributed by atoms with Gasteiger partial charge in [0, 0.05) is 0 Å². The number of amides is 1. The average molecular weight is 482 g/mol.